The van der Waals surface area contributed by atoms with Crippen molar-refractivity contribution in [2.75, 3.05) is 6.56 Å². The standard InChI is InChI=1S/C29H33FN2O4/c1-3-35-29(34)32-23-10-11-24-20(14-23)15-26-27(17(2)36-28(26)33)25(24)12-9-22-8-7-19(16-31-22)18-5-4-6-21(30)13-18/h4-9,12-13,16-17,20,23-27H,3,10-11,14-15H2,1-2H3,(H,32,34)/b12-9+/t17-,20+,23-,24-,25+,26-,27+/m0/s1/i1D3,3D2. The lowest BCUT2D eigenvalue weighted by atomic mass is 9.57. The summed E-state index contributed by atoms with van der Waals surface area (Å²) in [6.45, 7) is -4.28. The molecular weight excluding hydrogens is 459 g/mol. The third-order valence-electron chi connectivity index (χ3n) is 8.05. The molecule has 2 saturated carbocycles. The van der Waals surface area contributed by atoms with E-state index < -0.39 is 19.5 Å². The zero-order valence-corrected chi connectivity index (χ0v) is 20.0. The van der Waals surface area contributed by atoms with Crippen molar-refractivity contribution in [3.8, 4) is 11.1 Å². The first-order chi connectivity index (χ1) is 19.3. The van der Waals surface area contributed by atoms with Crippen LogP contribution in [-0.4, -0.2) is 35.8 Å². The van der Waals surface area contributed by atoms with Gasteiger partial charge in [0.1, 0.15) is 11.9 Å². The van der Waals surface area contributed by atoms with E-state index in [1.54, 1.807) is 12.3 Å². The van der Waals surface area contributed by atoms with Crippen LogP contribution in [0.4, 0.5) is 9.18 Å². The number of fused-ring (bicyclic) bond motifs is 2. The van der Waals surface area contributed by atoms with Crippen molar-refractivity contribution in [2.45, 2.75) is 51.6 Å². The van der Waals surface area contributed by atoms with Crippen LogP contribution in [0.15, 0.2) is 48.7 Å². The summed E-state index contributed by atoms with van der Waals surface area (Å²) < 4.78 is 60.7. The van der Waals surface area contributed by atoms with Crippen molar-refractivity contribution in [1.82, 2.24) is 10.3 Å². The Hall–Kier alpha value is -3.22. The first-order valence-electron chi connectivity index (χ1n) is 14.9. The van der Waals surface area contributed by atoms with Crippen molar-refractivity contribution in [2.24, 2.45) is 29.6 Å². The van der Waals surface area contributed by atoms with Crippen LogP contribution in [0.3, 0.4) is 0 Å². The van der Waals surface area contributed by atoms with Crippen LogP contribution < -0.4 is 5.32 Å². The van der Waals surface area contributed by atoms with E-state index in [0.29, 0.717) is 19.3 Å². The Morgan fingerprint density at radius 2 is 2.19 bits per heavy atom. The highest BCUT2D eigenvalue weighted by Crippen LogP contribution is 2.53. The number of pyridine rings is 1. The van der Waals surface area contributed by atoms with Crippen LogP contribution in [0.2, 0.25) is 0 Å². The molecule has 1 aliphatic heterocycles. The van der Waals surface area contributed by atoms with Gasteiger partial charge in [0.15, 0.2) is 0 Å². The number of halogens is 1. The van der Waals surface area contributed by atoms with Crippen LogP contribution in [0.1, 0.15) is 52.0 Å². The Kier molecular flexibility index (Phi) is 5.48. The van der Waals surface area contributed by atoms with Gasteiger partial charge in [0.2, 0.25) is 0 Å². The number of aromatic nitrogens is 1. The monoisotopic (exact) mass is 497 g/mol. The normalized spacial score (nSPS) is 34.2. The van der Waals surface area contributed by atoms with Gasteiger partial charge in [0.05, 0.1) is 20.9 Å². The molecule has 3 fully saturated rings. The second-order valence-corrected chi connectivity index (χ2v) is 10.0. The van der Waals surface area contributed by atoms with E-state index in [9.17, 15) is 14.0 Å². The summed E-state index contributed by atoms with van der Waals surface area (Å²) in [6.07, 6.45) is 7.00. The highest BCUT2D eigenvalue weighted by atomic mass is 19.1. The molecule has 0 bridgehead atoms. The number of alkyl carbamates (subject to hydrolysis) is 1. The molecule has 0 unspecified atom stereocenters. The van der Waals surface area contributed by atoms with E-state index >= 15 is 0 Å². The van der Waals surface area contributed by atoms with E-state index in [2.05, 4.69) is 21.1 Å². The summed E-state index contributed by atoms with van der Waals surface area (Å²) in [6, 6.07) is 9.77. The first-order valence-corrected chi connectivity index (χ1v) is 12.4. The molecule has 1 aromatic carbocycles. The quantitative estimate of drug-likeness (QED) is 0.542. The maximum Gasteiger partial charge on any atom is 0.407 e. The number of benzene rings is 1. The molecule has 3 aliphatic rings. The van der Waals surface area contributed by atoms with Gasteiger partial charge in [-0.3, -0.25) is 9.78 Å². The van der Waals surface area contributed by atoms with Crippen LogP contribution in [0, 0.1) is 35.4 Å². The molecule has 1 N–H and O–H groups in total. The number of hydrogen-bond donors (Lipinski definition) is 1. The van der Waals surface area contributed by atoms with Crippen molar-refractivity contribution in [3.63, 3.8) is 0 Å². The second-order valence-electron chi connectivity index (χ2n) is 10.0. The number of esters is 1. The molecule has 2 aromatic rings. The fourth-order valence-electron chi connectivity index (χ4n) is 6.54. The highest BCUT2D eigenvalue weighted by molar-refractivity contribution is 5.75. The van der Waals surface area contributed by atoms with Gasteiger partial charge >= 0.3 is 12.1 Å². The van der Waals surface area contributed by atoms with Crippen molar-refractivity contribution in [1.29, 1.82) is 0 Å². The fraction of sp³-hybridized carbons (Fsp3) is 0.483. The Balaban J connectivity index is 1.30. The molecule has 2 heterocycles. The number of nitrogens with zero attached hydrogens (tertiary/aromatic N) is 1. The van der Waals surface area contributed by atoms with E-state index in [4.69, 9.17) is 11.6 Å². The molecule has 1 saturated heterocycles. The number of carbonyl (C=O) groups excluding carboxylic acids is 2. The van der Waals surface area contributed by atoms with E-state index in [1.165, 1.54) is 12.1 Å². The number of nitrogens with one attached hydrogen (secondary N) is 1. The summed E-state index contributed by atoms with van der Waals surface area (Å²) in [5.41, 5.74) is 2.28. The number of hydrogen-bond acceptors (Lipinski definition) is 5. The Bertz CT molecular complexity index is 1320. The molecule has 7 heteroatoms. The minimum Gasteiger partial charge on any atom is -0.462 e. The van der Waals surface area contributed by atoms with E-state index in [0.717, 1.165) is 23.2 Å². The molecule has 2 aliphatic carbocycles. The van der Waals surface area contributed by atoms with E-state index in [-0.39, 0.29) is 53.5 Å². The number of ether oxygens (including phenoxy) is 2. The average molecular weight is 498 g/mol. The molecule has 7 atom stereocenters. The van der Waals surface area contributed by atoms with Gasteiger partial charge in [-0.15, -0.1) is 0 Å². The molecule has 5 rings (SSSR count). The third-order valence-corrected chi connectivity index (χ3v) is 8.05. The maximum atomic E-state index is 13.6. The van der Waals surface area contributed by atoms with Gasteiger partial charge in [-0.1, -0.05) is 24.3 Å². The molecular formula is C29H33FN2O4. The highest BCUT2D eigenvalue weighted by Gasteiger charge is 2.54. The van der Waals surface area contributed by atoms with Gasteiger partial charge in [-0.2, -0.15) is 0 Å². The Morgan fingerprint density at radius 1 is 1.31 bits per heavy atom. The molecule has 36 heavy (non-hydrogen) atoms. The molecule has 0 spiro atoms. The molecule has 1 amide bonds. The minimum absolute atomic E-state index is 0.0209. The van der Waals surface area contributed by atoms with E-state index in [1.807, 2.05) is 31.2 Å². The third kappa shape index (κ3) is 5.01. The smallest absolute Gasteiger partial charge is 0.407 e. The average Bonchev–Trinajstić information content (AvgIpc) is 3.18. The Morgan fingerprint density at radius 3 is 2.97 bits per heavy atom. The fourth-order valence-corrected chi connectivity index (χ4v) is 6.54. The largest absolute Gasteiger partial charge is 0.462 e. The number of rotatable bonds is 5. The van der Waals surface area contributed by atoms with Gasteiger partial charge < -0.3 is 14.8 Å². The lowest BCUT2D eigenvalue weighted by molar-refractivity contribution is -0.144. The van der Waals surface area contributed by atoms with Crippen molar-refractivity contribution >= 4 is 18.1 Å². The molecule has 0 radical (unpaired) electrons. The lowest BCUT2D eigenvalue weighted by Crippen LogP contribution is -2.48. The molecule has 190 valence electrons. The maximum absolute atomic E-state index is 13.6. The topological polar surface area (TPSA) is 77.5 Å². The number of amides is 1. The first kappa shape index (κ1) is 19.0. The van der Waals surface area contributed by atoms with Gasteiger partial charge in [0.25, 0.3) is 0 Å². The zero-order valence-electron chi connectivity index (χ0n) is 25.0. The summed E-state index contributed by atoms with van der Waals surface area (Å²) in [4.78, 5) is 29.6. The Labute approximate surface area is 218 Å². The summed E-state index contributed by atoms with van der Waals surface area (Å²) >= 11 is 0. The number of cyclic esters (lactones) is 1. The second kappa shape index (κ2) is 10.4. The lowest BCUT2D eigenvalue weighted by Gasteiger charge is -2.47. The number of carbonyl (C=O) groups is 2. The van der Waals surface area contributed by atoms with Crippen molar-refractivity contribution in [3.05, 3.63) is 60.2 Å². The predicted molar refractivity (Wildman–Crippen MR) is 134 cm³/mol. The van der Waals surface area contributed by atoms with Crippen LogP contribution in [-0.2, 0) is 14.3 Å². The molecule has 6 nitrogen and oxygen atoms in total. The summed E-state index contributed by atoms with van der Waals surface area (Å²) in [5, 5.41) is 2.64. The van der Waals surface area contributed by atoms with Crippen molar-refractivity contribution < 1.29 is 30.3 Å². The van der Waals surface area contributed by atoms with Crippen LogP contribution >= 0.6 is 0 Å². The van der Waals surface area contributed by atoms with Gasteiger partial charge in [0, 0.05) is 27.8 Å². The van der Waals surface area contributed by atoms with Gasteiger partial charge in [-0.25, -0.2) is 9.18 Å². The van der Waals surface area contributed by atoms with Crippen LogP contribution in [0.25, 0.3) is 17.2 Å². The summed E-state index contributed by atoms with van der Waals surface area (Å²) in [7, 11) is 0. The number of allylic oxidation sites excluding steroid dienone is 1. The van der Waals surface area contributed by atoms with Crippen LogP contribution in [0.5, 0.6) is 0 Å². The minimum atomic E-state index is -3.10. The van der Waals surface area contributed by atoms with Gasteiger partial charge in [-0.05, 0) is 87.1 Å². The zero-order chi connectivity index (χ0) is 29.5. The molecule has 1 aromatic heterocycles. The summed E-state index contributed by atoms with van der Waals surface area (Å²) in [5.74, 6) is -0.384. The predicted octanol–water partition coefficient (Wildman–Crippen LogP) is 5.63. The SMILES string of the molecule is [2H]C([2H])([2H])C([2H])([2H])OC(=O)N[C@H]1CC[C@H]2[C@H](C1)C[C@@H]1C(=O)O[C@@H](C)[C@@H]1[C@@H]2/C=C/c1ccc(-c2cccc(F)c2)cn1.